The number of unbranched alkanes of at least 4 members (excludes halogenated alkanes) is 5. The summed E-state index contributed by atoms with van der Waals surface area (Å²) in [6.45, 7) is 3.69. The summed E-state index contributed by atoms with van der Waals surface area (Å²) in [7, 11) is 0. The van der Waals surface area contributed by atoms with Gasteiger partial charge >= 0.3 is 0 Å². The van der Waals surface area contributed by atoms with Crippen LogP contribution in [-0.4, -0.2) is 19.0 Å². The lowest BCUT2D eigenvalue weighted by Crippen LogP contribution is -2.13. The van der Waals surface area contributed by atoms with Gasteiger partial charge in [0.05, 0.1) is 6.61 Å². The molecule has 0 radical (unpaired) electrons. The highest BCUT2D eigenvalue weighted by Crippen LogP contribution is 2.17. The Labute approximate surface area is 93.4 Å². The smallest absolute Gasteiger partial charge is 0.138 e. The van der Waals surface area contributed by atoms with Crippen LogP contribution in [0.15, 0.2) is 0 Å². The third kappa shape index (κ3) is 5.31. The molecule has 1 heterocycles. The highest BCUT2D eigenvalue weighted by atomic mass is 16.5. The fourth-order valence-corrected chi connectivity index (χ4v) is 2.07. The van der Waals surface area contributed by atoms with Crippen molar-refractivity contribution in [3.8, 4) is 0 Å². The van der Waals surface area contributed by atoms with Crippen LogP contribution in [0.3, 0.4) is 0 Å². The standard InChI is InChI=1S/C13H24O2/c1-2-3-4-5-6-7-8-13(14)12-9-10-15-11-12/h12H,2-11H2,1H3. The van der Waals surface area contributed by atoms with Gasteiger partial charge in [-0.2, -0.15) is 0 Å². The van der Waals surface area contributed by atoms with E-state index in [0.717, 1.165) is 25.9 Å². The Morgan fingerprint density at radius 1 is 1.20 bits per heavy atom. The maximum absolute atomic E-state index is 11.7. The second kappa shape index (κ2) is 7.86. The summed E-state index contributed by atoms with van der Waals surface area (Å²) in [4.78, 5) is 11.7. The number of ether oxygens (including phenoxy) is 1. The molecule has 1 aliphatic heterocycles. The number of ketones is 1. The second-order valence-electron chi connectivity index (χ2n) is 4.54. The Morgan fingerprint density at radius 2 is 1.93 bits per heavy atom. The minimum absolute atomic E-state index is 0.223. The Kier molecular flexibility index (Phi) is 6.66. The summed E-state index contributed by atoms with van der Waals surface area (Å²) in [6.07, 6.45) is 9.29. The predicted octanol–water partition coefficient (Wildman–Crippen LogP) is 3.34. The quantitative estimate of drug-likeness (QED) is 0.577. The predicted molar refractivity (Wildman–Crippen MR) is 61.9 cm³/mol. The van der Waals surface area contributed by atoms with Crippen molar-refractivity contribution in [2.24, 2.45) is 5.92 Å². The Hall–Kier alpha value is -0.370. The van der Waals surface area contributed by atoms with E-state index in [1.165, 1.54) is 32.1 Å². The molecule has 0 aliphatic carbocycles. The molecule has 0 aromatic heterocycles. The van der Waals surface area contributed by atoms with Crippen LogP contribution >= 0.6 is 0 Å². The van der Waals surface area contributed by atoms with Crippen molar-refractivity contribution in [3.63, 3.8) is 0 Å². The summed E-state index contributed by atoms with van der Waals surface area (Å²) in [6, 6.07) is 0. The van der Waals surface area contributed by atoms with E-state index in [2.05, 4.69) is 6.92 Å². The minimum Gasteiger partial charge on any atom is -0.381 e. The van der Waals surface area contributed by atoms with Gasteiger partial charge in [-0.25, -0.2) is 0 Å². The first-order chi connectivity index (χ1) is 7.34. The van der Waals surface area contributed by atoms with Crippen LogP contribution in [0, 0.1) is 5.92 Å². The van der Waals surface area contributed by atoms with E-state index in [9.17, 15) is 4.79 Å². The molecule has 88 valence electrons. The van der Waals surface area contributed by atoms with Gasteiger partial charge in [-0.15, -0.1) is 0 Å². The van der Waals surface area contributed by atoms with E-state index in [1.807, 2.05) is 0 Å². The number of hydrogen-bond donors (Lipinski definition) is 0. The van der Waals surface area contributed by atoms with Crippen LogP contribution in [0.25, 0.3) is 0 Å². The molecular formula is C13H24O2. The van der Waals surface area contributed by atoms with Crippen LogP contribution in [0.1, 0.15) is 58.3 Å². The van der Waals surface area contributed by atoms with Gasteiger partial charge in [-0.3, -0.25) is 4.79 Å². The fourth-order valence-electron chi connectivity index (χ4n) is 2.07. The third-order valence-corrected chi connectivity index (χ3v) is 3.16. The van der Waals surface area contributed by atoms with Gasteiger partial charge in [0.2, 0.25) is 0 Å². The molecule has 0 saturated carbocycles. The van der Waals surface area contributed by atoms with Crippen LogP contribution in [0.4, 0.5) is 0 Å². The molecule has 0 amide bonds. The Bertz CT molecular complexity index is 171. The van der Waals surface area contributed by atoms with Gasteiger partial charge in [0, 0.05) is 18.9 Å². The first kappa shape index (κ1) is 12.7. The normalized spacial score (nSPS) is 20.7. The molecule has 2 nitrogen and oxygen atoms in total. The van der Waals surface area contributed by atoms with E-state index < -0.39 is 0 Å². The number of rotatable bonds is 8. The number of carbonyl (C=O) groups is 1. The summed E-state index contributed by atoms with van der Waals surface area (Å²) < 4.78 is 5.22. The third-order valence-electron chi connectivity index (χ3n) is 3.16. The zero-order valence-electron chi connectivity index (χ0n) is 9.96. The zero-order valence-corrected chi connectivity index (χ0v) is 9.96. The molecule has 1 atom stereocenters. The average Bonchev–Trinajstić information content (AvgIpc) is 2.76. The van der Waals surface area contributed by atoms with Gasteiger partial charge in [0.1, 0.15) is 5.78 Å². The molecule has 15 heavy (non-hydrogen) atoms. The van der Waals surface area contributed by atoms with E-state index in [4.69, 9.17) is 4.74 Å². The lowest BCUT2D eigenvalue weighted by molar-refractivity contribution is -0.122. The van der Waals surface area contributed by atoms with Gasteiger partial charge in [-0.1, -0.05) is 39.0 Å². The molecule has 1 aliphatic rings. The lowest BCUT2D eigenvalue weighted by Gasteiger charge is -2.05. The Morgan fingerprint density at radius 3 is 2.60 bits per heavy atom. The fraction of sp³-hybridized carbons (Fsp3) is 0.923. The average molecular weight is 212 g/mol. The molecule has 0 N–H and O–H groups in total. The highest BCUT2D eigenvalue weighted by Gasteiger charge is 2.22. The van der Waals surface area contributed by atoms with Crippen molar-refractivity contribution in [2.75, 3.05) is 13.2 Å². The SMILES string of the molecule is CCCCCCCCC(=O)C1CCOC1. The van der Waals surface area contributed by atoms with Crippen molar-refractivity contribution in [2.45, 2.75) is 58.3 Å². The largest absolute Gasteiger partial charge is 0.381 e. The minimum atomic E-state index is 0.223. The van der Waals surface area contributed by atoms with Gasteiger partial charge in [-0.05, 0) is 12.8 Å². The van der Waals surface area contributed by atoms with Gasteiger partial charge in [0.25, 0.3) is 0 Å². The number of Topliss-reactive ketones (excluding diaryl/α,β-unsaturated/α-hetero) is 1. The summed E-state index contributed by atoms with van der Waals surface area (Å²) in [5.74, 6) is 0.656. The molecule has 1 saturated heterocycles. The van der Waals surface area contributed by atoms with E-state index in [1.54, 1.807) is 0 Å². The lowest BCUT2D eigenvalue weighted by atomic mass is 9.98. The van der Waals surface area contributed by atoms with Crippen LogP contribution < -0.4 is 0 Å². The maximum Gasteiger partial charge on any atom is 0.138 e. The van der Waals surface area contributed by atoms with Crippen molar-refractivity contribution in [3.05, 3.63) is 0 Å². The Balaban J connectivity index is 1.92. The zero-order chi connectivity index (χ0) is 10.9. The number of carbonyl (C=O) groups excluding carboxylic acids is 1. The van der Waals surface area contributed by atoms with Crippen molar-refractivity contribution in [1.29, 1.82) is 0 Å². The molecule has 0 bridgehead atoms. The summed E-state index contributed by atoms with van der Waals surface area (Å²) >= 11 is 0. The van der Waals surface area contributed by atoms with Gasteiger partial charge < -0.3 is 4.74 Å². The van der Waals surface area contributed by atoms with Crippen LogP contribution in [0.2, 0.25) is 0 Å². The molecule has 1 fully saturated rings. The van der Waals surface area contributed by atoms with Crippen molar-refractivity contribution >= 4 is 5.78 Å². The van der Waals surface area contributed by atoms with Gasteiger partial charge in [0.15, 0.2) is 0 Å². The van der Waals surface area contributed by atoms with Crippen LogP contribution in [-0.2, 0) is 9.53 Å². The molecule has 0 spiro atoms. The number of hydrogen-bond acceptors (Lipinski definition) is 2. The monoisotopic (exact) mass is 212 g/mol. The molecule has 1 rings (SSSR count). The van der Waals surface area contributed by atoms with Crippen LogP contribution in [0.5, 0.6) is 0 Å². The first-order valence-electron chi connectivity index (χ1n) is 6.45. The maximum atomic E-state index is 11.7. The molecule has 0 aromatic carbocycles. The highest BCUT2D eigenvalue weighted by molar-refractivity contribution is 5.81. The first-order valence-corrected chi connectivity index (χ1v) is 6.45. The second-order valence-corrected chi connectivity index (χ2v) is 4.54. The van der Waals surface area contributed by atoms with Crippen molar-refractivity contribution in [1.82, 2.24) is 0 Å². The topological polar surface area (TPSA) is 26.3 Å². The molecule has 2 heteroatoms. The summed E-state index contributed by atoms with van der Waals surface area (Å²) in [5, 5.41) is 0. The van der Waals surface area contributed by atoms with E-state index in [-0.39, 0.29) is 5.92 Å². The van der Waals surface area contributed by atoms with Crippen molar-refractivity contribution < 1.29 is 9.53 Å². The van der Waals surface area contributed by atoms with E-state index >= 15 is 0 Å². The summed E-state index contributed by atoms with van der Waals surface area (Å²) in [5.41, 5.74) is 0. The molecule has 0 aromatic rings. The van der Waals surface area contributed by atoms with E-state index in [0.29, 0.717) is 12.4 Å². The molecule has 1 unspecified atom stereocenters. The molecular weight excluding hydrogens is 188 g/mol.